The second kappa shape index (κ2) is 6.55. The lowest BCUT2D eigenvalue weighted by atomic mass is 9.85. The molecule has 0 aliphatic carbocycles. The van der Waals surface area contributed by atoms with Crippen LogP contribution in [0.5, 0.6) is 0 Å². The molecule has 3 N–H and O–H groups in total. The van der Waals surface area contributed by atoms with Crippen molar-refractivity contribution in [1.29, 1.82) is 0 Å². The van der Waals surface area contributed by atoms with Gasteiger partial charge in [0.25, 0.3) is 0 Å². The van der Waals surface area contributed by atoms with Gasteiger partial charge in [0.15, 0.2) is 0 Å². The molecule has 0 aromatic heterocycles. The standard InChI is InChI=1S/C15H24N2O/c1-12(16)9-10-17-14(18)15(2,3)11-13-7-5-4-6-8-13/h4-8,12H,9-11,16H2,1-3H3,(H,17,18). The Kier molecular flexibility index (Phi) is 5.35. The van der Waals surface area contributed by atoms with Gasteiger partial charge in [0, 0.05) is 18.0 Å². The van der Waals surface area contributed by atoms with Gasteiger partial charge < -0.3 is 11.1 Å². The lowest BCUT2D eigenvalue weighted by Crippen LogP contribution is -2.39. The normalized spacial score (nSPS) is 13.1. The Labute approximate surface area is 110 Å². The Morgan fingerprint density at radius 3 is 2.50 bits per heavy atom. The van der Waals surface area contributed by atoms with Crippen LogP contribution in [0.15, 0.2) is 30.3 Å². The van der Waals surface area contributed by atoms with Crippen LogP contribution in [0, 0.1) is 5.41 Å². The summed E-state index contributed by atoms with van der Waals surface area (Å²) in [7, 11) is 0. The van der Waals surface area contributed by atoms with Crippen molar-refractivity contribution < 1.29 is 4.79 Å². The van der Waals surface area contributed by atoms with Gasteiger partial charge in [-0.15, -0.1) is 0 Å². The highest BCUT2D eigenvalue weighted by Crippen LogP contribution is 2.21. The number of hydrogen-bond acceptors (Lipinski definition) is 2. The molecular formula is C15H24N2O. The zero-order valence-electron chi connectivity index (χ0n) is 11.6. The molecule has 1 atom stereocenters. The first-order valence-corrected chi connectivity index (χ1v) is 6.49. The smallest absolute Gasteiger partial charge is 0.225 e. The van der Waals surface area contributed by atoms with E-state index in [2.05, 4.69) is 17.4 Å². The summed E-state index contributed by atoms with van der Waals surface area (Å²) < 4.78 is 0. The highest BCUT2D eigenvalue weighted by Gasteiger charge is 2.27. The summed E-state index contributed by atoms with van der Waals surface area (Å²) in [6.45, 7) is 6.54. The first-order valence-electron chi connectivity index (χ1n) is 6.49. The number of rotatable bonds is 6. The monoisotopic (exact) mass is 248 g/mol. The minimum Gasteiger partial charge on any atom is -0.356 e. The van der Waals surface area contributed by atoms with Gasteiger partial charge in [-0.2, -0.15) is 0 Å². The molecule has 0 fully saturated rings. The highest BCUT2D eigenvalue weighted by atomic mass is 16.2. The first kappa shape index (κ1) is 14.7. The Balaban J connectivity index is 2.49. The quantitative estimate of drug-likeness (QED) is 0.810. The molecule has 3 nitrogen and oxygen atoms in total. The molecule has 18 heavy (non-hydrogen) atoms. The van der Waals surface area contributed by atoms with Crippen LogP contribution in [0.2, 0.25) is 0 Å². The third-order valence-corrected chi connectivity index (χ3v) is 2.99. The minimum absolute atomic E-state index is 0.0898. The van der Waals surface area contributed by atoms with Gasteiger partial charge in [0.1, 0.15) is 0 Å². The molecule has 0 heterocycles. The van der Waals surface area contributed by atoms with Gasteiger partial charge in [-0.1, -0.05) is 44.2 Å². The van der Waals surface area contributed by atoms with Crippen LogP contribution in [0.3, 0.4) is 0 Å². The lowest BCUT2D eigenvalue weighted by Gasteiger charge is -2.24. The molecule has 1 rings (SSSR count). The molecular weight excluding hydrogens is 224 g/mol. The third kappa shape index (κ3) is 4.88. The van der Waals surface area contributed by atoms with Crippen LogP contribution in [0.1, 0.15) is 32.8 Å². The van der Waals surface area contributed by atoms with Crippen molar-refractivity contribution in [2.24, 2.45) is 11.1 Å². The van der Waals surface area contributed by atoms with Crippen molar-refractivity contribution in [3.63, 3.8) is 0 Å². The number of nitrogens with one attached hydrogen (secondary N) is 1. The second-order valence-corrected chi connectivity index (χ2v) is 5.57. The molecule has 3 heteroatoms. The van der Waals surface area contributed by atoms with Gasteiger partial charge in [-0.25, -0.2) is 0 Å². The summed E-state index contributed by atoms with van der Waals surface area (Å²) in [5.41, 5.74) is 6.46. The largest absolute Gasteiger partial charge is 0.356 e. The number of hydrogen-bond donors (Lipinski definition) is 2. The summed E-state index contributed by atoms with van der Waals surface area (Å²) in [4.78, 5) is 12.1. The van der Waals surface area contributed by atoms with Crippen LogP contribution < -0.4 is 11.1 Å². The molecule has 0 aliphatic heterocycles. The van der Waals surface area contributed by atoms with E-state index in [1.54, 1.807) is 0 Å². The Morgan fingerprint density at radius 2 is 1.94 bits per heavy atom. The molecule has 1 aromatic carbocycles. The Bertz CT molecular complexity index is 371. The molecule has 100 valence electrons. The van der Waals surface area contributed by atoms with Crippen molar-refractivity contribution in [1.82, 2.24) is 5.32 Å². The molecule has 0 saturated carbocycles. The molecule has 0 bridgehead atoms. The fourth-order valence-corrected chi connectivity index (χ4v) is 1.84. The van der Waals surface area contributed by atoms with E-state index in [-0.39, 0.29) is 17.4 Å². The zero-order valence-corrected chi connectivity index (χ0v) is 11.6. The number of benzene rings is 1. The van der Waals surface area contributed by atoms with E-state index in [0.717, 1.165) is 12.8 Å². The average molecular weight is 248 g/mol. The van der Waals surface area contributed by atoms with E-state index in [0.29, 0.717) is 6.54 Å². The SMILES string of the molecule is CC(N)CCNC(=O)C(C)(C)Cc1ccccc1. The van der Waals surface area contributed by atoms with Crippen LogP contribution in [-0.2, 0) is 11.2 Å². The van der Waals surface area contributed by atoms with Gasteiger partial charge in [0.2, 0.25) is 5.91 Å². The van der Waals surface area contributed by atoms with Crippen molar-refractivity contribution >= 4 is 5.91 Å². The fourth-order valence-electron chi connectivity index (χ4n) is 1.84. The third-order valence-electron chi connectivity index (χ3n) is 2.99. The van der Waals surface area contributed by atoms with Crippen LogP contribution in [0.25, 0.3) is 0 Å². The van der Waals surface area contributed by atoms with Crippen molar-refractivity contribution in [2.45, 2.75) is 39.7 Å². The van der Waals surface area contributed by atoms with E-state index in [9.17, 15) is 4.79 Å². The van der Waals surface area contributed by atoms with Crippen molar-refractivity contribution in [2.75, 3.05) is 6.54 Å². The topological polar surface area (TPSA) is 55.1 Å². The minimum atomic E-state index is -0.390. The molecule has 1 amide bonds. The number of carbonyl (C=O) groups is 1. The van der Waals surface area contributed by atoms with E-state index in [1.807, 2.05) is 39.0 Å². The molecule has 0 saturated heterocycles. The van der Waals surface area contributed by atoms with Crippen molar-refractivity contribution in [3.05, 3.63) is 35.9 Å². The molecule has 0 aliphatic rings. The van der Waals surface area contributed by atoms with Crippen molar-refractivity contribution in [3.8, 4) is 0 Å². The van der Waals surface area contributed by atoms with Crippen LogP contribution >= 0.6 is 0 Å². The van der Waals surface area contributed by atoms with E-state index >= 15 is 0 Å². The number of carbonyl (C=O) groups excluding carboxylic acids is 1. The Hall–Kier alpha value is -1.35. The van der Waals surface area contributed by atoms with E-state index in [1.165, 1.54) is 5.56 Å². The van der Waals surface area contributed by atoms with E-state index < -0.39 is 0 Å². The van der Waals surface area contributed by atoms with Crippen LogP contribution in [-0.4, -0.2) is 18.5 Å². The molecule has 0 spiro atoms. The fraction of sp³-hybridized carbons (Fsp3) is 0.533. The van der Waals surface area contributed by atoms with Gasteiger partial charge in [0.05, 0.1) is 0 Å². The maximum absolute atomic E-state index is 12.1. The summed E-state index contributed by atoms with van der Waals surface area (Å²) >= 11 is 0. The molecule has 1 unspecified atom stereocenters. The maximum atomic E-state index is 12.1. The predicted octanol–water partition coefficient (Wildman–Crippen LogP) is 2.11. The summed E-state index contributed by atoms with van der Waals surface area (Å²) in [5, 5.41) is 2.96. The van der Waals surface area contributed by atoms with Crippen LogP contribution in [0.4, 0.5) is 0 Å². The molecule has 1 aromatic rings. The zero-order chi connectivity index (χ0) is 13.6. The van der Waals surface area contributed by atoms with Gasteiger partial charge in [-0.05, 0) is 25.3 Å². The number of nitrogens with two attached hydrogens (primary N) is 1. The maximum Gasteiger partial charge on any atom is 0.225 e. The highest BCUT2D eigenvalue weighted by molar-refractivity contribution is 5.82. The number of amides is 1. The summed E-state index contributed by atoms with van der Waals surface area (Å²) in [6.07, 6.45) is 1.56. The van der Waals surface area contributed by atoms with E-state index in [4.69, 9.17) is 5.73 Å². The average Bonchev–Trinajstić information content (AvgIpc) is 2.29. The lowest BCUT2D eigenvalue weighted by molar-refractivity contribution is -0.129. The summed E-state index contributed by atoms with van der Waals surface area (Å²) in [6, 6.07) is 10.2. The predicted molar refractivity (Wildman–Crippen MR) is 75.2 cm³/mol. The Morgan fingerprint density at radius 1 is 1.33 bits per heavy atom. The first-order chi connectivity index (χ1) is 8.42. The van der Waals surface area contributed by atoms with Gasteiger partial charge in [-0.3, -0.25) is 4.79 Å². The van der Waals surface area contributed by atoms with Gasteiger partial charge >= 0.3 is 0 Å². The summed E-state index contributed by atoms with van der Waals surface area (Å²) in [5.74, 6) is 0.0898. The molecule has 0 radical (unpaired) electrons. The second-order valence-electron chi connectivity index (χ2n) is 5.57.